The maximum atomic E-state index is 12.8. The van der Waals surface area contributed by atoms with Crippen LogP contribution < -0.4 is 0 Å². The molecule has 6 heteroatoms. The van der Waals surface area contributed by atoms with E-state index in [4.69, 9.17) is 9.47 Å². The van der Waals surface area contributed by atoms with Gasteiger partial charge in [0.25, 0.3) is 0 Å². The van der Waals surface area contributed by atoms with E-state index in [9.17, 15) is 14.7 Å². The molecule has 6 nitrogen and oxygen atoms in total. The molecule has 2 unspecified atom stereocenters. The van der Waals surface area contributed by atoms with Crippen LogP contribution in [-0.2, 0) is 19.1 Å². The SMILES string of the molecule is CCCCCCCCC(CCCCCCC)OC(=O)CCCCCCCN(CCO)CCCC(=O)OC(CCCCCC)CCCCCCCC. The van der Waals surface area contributed by atoms with Gasteiger partial charge in [-0.2, -0.15) is 0 Å². The first-order valence-electron chi connectivity index (χ1n) is 22.7. The lowest BCUT2D eigenvalue weighted by atomic mass is 10.0. The highest BCUT2D eigenvalue weighted by molar-refractivity contribution is 5.69. The highest BCUT2D eigenvalue weighted by atomic mass is 16.5. The molecule has 0 bridgehead atoms. The molecule has 51 heavy (non-hydrogen) atoms. The van der Waals surface area contributed by atoms with E-state index in [1.807, 2.05) is 0 Å². The molecule has 0 aliphatic carbocycles. The summed E-state index contributed by atoms with van der Waals surface area (Å²) in [7, 11) is 0. The van der Waals surface area contributed by atoms with Crippen molar-refractivity contribution in [2.24, 2.45) is 0 Å². The summed E-state index contributed by atoms with van der Waals surface area (Å²) in [5.74, 6) is -0.0536. The molecular weight excluding hydrogens is 634 g/mol. The average Bonchev–Trinajstić information content (AvgIpc) is 3.12. The molecule has 0 aromatic carbocycles. The number of unbranched alkanes of at least 4 members (excludes halogenated alkanes) is 21. The van der Waals surface area contributed by atoms with Crippen LogP contribution in [0.2, 0.25) is 0 Å². The molecule has 0 aliphatic heterocycles. The zero-order valence-corrected chi connectivity index (χ0v) is 34.8. The first kappa shape index (κ1) is 49.9. The van der Waals surface area contributed by atoms with Crippen molar-refractivity contribution in [3.05, 3.63) is 0 Å². The molecule has 1 N–H and O–H groups in total. The van der Waals surface area contributed by atoms with Crippen LogP contribution in [-0.4, -0.2) is 60.4 Å². The van der Waals surface area contributed by atoms with Crippen molar-refractivity contribution < 1.29 is 24.2 Å². The Morgan fingerprint density at radius 2 is 0.725 bits per heavy atom. The minimum atomic E-state index is -0.0512. The number of carbonyl (C=O) groups excluding carboxylic acids is 2. The Labute approximate surface area is 318 Å². The van der Waals surface area contributed by atoms with Gasteiger partial charge >= 0.3 is 11.9 Å². The minimum Gasteiger partial charge on any atom is -0.462 e. The van der Waals surface area contributed by atoms with Crippen LogP contribution in [0.4, 0.5) is 0 Å². The summed E-state index contributed by atoms with van der Waals surface area (Å²) < 4.78 is 12.0. The maximum Gasteiger partial charge on any atom is 0.306 e. The number of nitrogens with zero attached hydrogens (tertiary/aromatic N) is 1. The fourth-order valence-electron chi connectivity index (χ4n) is 7.15. The summed E-state index contributed by atoms with van der Waals surface area (Å²) in [6.07, 6.45) is 37.6. The fraction of sp³-hybridized carbons (Fsp3) is 0.956. The standard InChI is InChI=1S/C45H89NO5/c1-5-9-13-17-21-27-34-42(32-25-16-12-8-4)51-45(49)37-31-39-46(40-41-47)38-30-24-19-23-29-36-44(48)50-43(33-26-20-15-11-7-3)35-28-22-18-14-10-6-2/h42-43,47H,5-41H2,1-4H3. The summed E-state index contributed by atoms with van der Waals surface area (Å²) in [5.41, 5.74) is 0. The van der Waals surface area contributed by atoms with Crippen molar-refractivity contribution in [2.75, 3.05) is 26.2 Å². The average molecular weight is 724 g/mol. The van der Waals surface area contributed by atoms with Crippen molar-refractivity contribution >= 4 is 11.9 Å². The van der Waals surface area contributed by atoms with Gasteiger partial charge < -0.3 is 19.5 Å². The zero-order chi connectivity index (χ0) is 37.5. The normalized spacial score (nSPS) is 12.7. The molecule has 304 valence electrons. The lowest BCUT2D eigenvalue weighted by Crippen LogP contribution is -2.29. The first-order valence-corrected chi connectivity index (χ1v) is 22.7. The number of aliphatic hydroxyl groups excluding tert-OH is 1. The molecule has 0 amide bonds. The molecule has 0 radical (unpaired) electrons. The Bertz CT molecular complexity index is 731. The topological polar surface area (TPSA) is 76.1 Å². The highest BCUT2D eigenvalue weighted by Gasteiger charge is 2.16. The van der Waals surface area contributed by atoms with E-state index in [-0.39, 0.29) is 30.8 Å². The van der Waals surface area contributed by atoms with Gasteiger partial charge in [0.2, 0.25) is 0 Å². The second-order valence-corrected chi connectivity index (χ2v) is 15.6. The van der Waals surface area contributed by atoms with Crippen LogP contribution in [0.5, 0.6) is 0 Å². The van der Waals surface area contributed by atoms with Crippen LogP contribution >= 0.6 is 0 Å². The number of carbonyl (C=O) groups is 2. The van der Waals surface area contributed by atoms with Crippen LogP contribution in [0.1, 0.15) is 240 Å². The van der Waals surface area contributed by atoms with Crippen molar-refractivity contribution in [1.82, 2.24) is 4.90 Å². The summed E-state index contributed by atoms with van der Waals surface area (Å²) in [6.45, 7) is 11.5. The lowest BCUT2D eigenvalue weighted by molar-refractivity contribution is -0.151. The van der Waals surface area contributed by atoms with Crippen molar-refractivity contribution in [3.8, 4) is 0 Å². The quantitative estimate of drug-likeness (QED) is 0.0500. The van der Waals surface area contributed by atoms with E-state index in [0.717, 1.165) is 90.1 Å². The second kappa shape index (κ2) is 40.1. The summed E-state index contributed by atoms with van der Waals surface area (Å²) in [5, 5.41) is 9.62. The number of hydrogen-bond donors (Lipinski definition) is 1. The highest BCUT2D eigenvalue weighted by Crippen LogP contribution is 2.19. The third kappa shape index (κ3) is 35.6. The van der Waals surface area contributed by atoms with Gasteiger partial charge in [0, 0.05) is 19.4 Å². The smallest absolute Gasteiger partial charge is 0.306 e. The lowest BCUT2D eigenvalue weighted by Gasteiger charge is -2.22. The predicted molar refractivity (Wildman–Crippen MR) is 218 cm³/mol. The van der Waals surface area contributed by atoms with Gasteiger partial charge in [-0.3, -0.25) is 9.59 Å². The van der Waals surface area contributed by atoms with Gasteiger partial charge in [0.15, 0.2) is 0 Å². The Hall–Kier alpha value is -1.14. The van der Waals surface area contributed by atoms with Gasteiger partial charge in [-0.1, -0.05) is 156 Å². The predicted octanol–water partition coefficient (Wildman–Crippen LogP) is 13.1. The Morgan fingerprint density at radius 1 is 0.412 bits per heavy atom. The van der Waals surface area contributed by atoms with Crippen LogP contribution in [0.25, 0.3) is 0 Å². The molecule has 0 aromatic heterocycles. The van der Waals surface area contributed by atoms with Crippen LogP contribution in [0, 0.1) is 0 Å². The van der Waals surface area contributed by atoms with E-state index in [0.29, 0.717) is 19.4 Å². The van der Waals surface area contributed by atoms with Gasteiger partial charge in [-0.25, -0.2) is 0 Å². The first-order chi connectivity index (χ1) is 25.0. The van der Waals surface area contributed by atoms with Crippen LogP contribution in [0.3, 0.4) is 0 Å². The molecule has 2 atom stereocenters. The number of aliphatic hydroxyl groups is 1. The van der Waals surface area contributed by atoms with E-state index in [1.54, 1.807) is 0 Å². The largest absolute Gasteiger partial charge is 0.462 e. The zero-order valence-electron chi connectivity index (χ0n) is 34.8. The summed E-state index contributed by atoms with van der Waals surface area (Å²) in [6, 6.07) is 0. The summed E-state index contributed by atoms with van der Waals surface area (Å²) >= 11 is 0. The molecule has 0 aliphatic rings. The number of rotatable bonds is 41. The number of ether oxygens (including phenoxy) is 2. The molecule has 0 rings (SSSR count). The number of esters is 2. The van der Waals surface area contributed by atoms with Crippen LogP contribution in [0.15, 0.2) is 0 Å². The molecule has 0 spiro atoms. The monoisotopic (exact) mass is 724 g/mol. The third-order valence-corrected chi connectivity index (χ3v) is 10.5. The fourth-order valence-corrected chi connectivity index (χ4v) is 7.15. The van der Waals surface area contributed by atoms with Gasteiger partial charge in [-0.15, -0.1) is 0 Å². The Kier molecular flexibility index (Phi) is 39.2. The van der Waals surface area contributed by atoms with Gasteiger partial charge in [0.1, 0.15) is 12.2 Å². The van der Waals surface area contributed by atoms with Gasteiger partial charge in [0.05, 0.1) is 6.61 Å². The van der Waals surface area contributed by atoms with Crippen molar-refractivity contribution in [3.63, 3.8) is 0 Å². The molecule has 0 heterocycles. The van der Waals surface area contributed by atoms with E-state index < -0.39 is 0 Å². The molecule has 0 fully saturated rings. The van der Waals surface area contributed by atoms with E-state index in [2.05, 4.69) is 32.6 Å². The molecule has 0 saturated heterocycles. The summed E-state index contributed by atoms with van der Waals surface area (Å²) in [4.78, 5) is 27.8. The van der Waals surface area contributed by atoms with Crippen molar-refractivity contribution in [1.29, 1.82) is 0 Å². The van der Waals surface area contributed by atoms with E-state index in [1.165, 1.54) is 122 Å². The molecule has 0 saturated carbocycles. The number of hydrogen-bond acceptors (Lipinski definition) is 6. The third-order valence-electron chi connectivity index (χ3n) is 10.5. The second-order valence-electron chi connectivity index (χ2n) is 15.6. The van der Waals surface area contributed by atoms with Gasteiger partial charge in [-0.05, 0) is 83.7 Å². The Balaban J connectivity index is 4.32. The maximum absolute atomic E-state index is 12.8. The molecular formula is C45H89NO5. The Morgan fingerprint density at radius 3 is 1.14 bits per heavy atom. The van der Waals surface area contributed by atoms with Crippen molar-refractivity contribution in [2.45, 2.75) is 252 Å². The minimum absolute atomic E-state index is 0.00240. The molecule has 0 aromatic rings. The van der Waals surface area contributed by atoms with E-state index >= 15 is 0 Å².